The first-order chi connectivity index (χ1) is 13.7. The van der Waals surface area contributed by atoms with Gasteiger partial charge in [-0.25, -0.2) is 9.67 Å². The van der Waals surface area contributed by atoms with E-state index in [4.69, 9.17) is 0 Å². The smallest absolute Gasteiger partial charge is 0.270 e. The third kappa shape index (κ3) is 5.73. The molecule has 0 radical (unpaired) electrons. The first-order valence-electron chi connectivity index (χ1n) is 10.3. The van der Waals surface area contributed by atoms with Gasteiger partial charge in [-0.15, -0.1) is 11.3 Å². The molecule has 3 rings (SSSR count). The van der Waals surface area contributed by atoms with Crippen LogP contribution in [-0.2, 0) is 12.0 Å². The van der Waals surface area contributed by atoms with E-state index in [0.717, 1.165) is 43.1 Å². The Balaban J connectivity index is 1.60. The number of likely N-dealkylation sites (tertiary alicyclic amines) is 1. The van der Waals surface area contributed by atoms with Crippen LogP contribution in [0.1, 0.15) is 61.2 Å². The monoisotopic (exact) mass is 417 g/mol. The van der Waals surface area contributed by atoms with Gasteiger partial charge in [-0.2, -0.15) is 5.10 Å². The van der Waals surface area contributed by atoms with E-state index in [1.54, 1.807) is 16.1 Å². The summed E-state index contributed by atoms with van der Waals surface area (Å²) in [5.41, 5.74) is 1.24. The van der Waals surface area contributed by atoms with Gasteiger partial charge in [0.15, 0.2) is 0 Å². The Bertz CT molecular complexity index is 899. The van der Waals surface area contributed by atoms with Crippen molar-refractivity contribution >= 4 is 17.2 Å². The molecule has 1 atom stereocenters. The molecule has 1 N–H and O–H groups in total. The number of piperidine rings is 1. The maximum atomic E-state index is 12.3. The van der Waals surface area contributed by atoms with Crippen LogP contribution in [0.25, 0.3) is 0 Å². The van der Waals surface area contributed by atoms with E-state index in [1.807, 2.05) is 13.0 Å². The van der Waals surface area contributed by atoms with Crippen molar-refractivity contribution in [1.29, 1.82) is 0 Å². The standard InChI is InChI=1S/C21H31N5O2S/c1-15-23-17(14-29-15)20(28)22-13-16-7-5-6-10-25(16)11-12-26-19(27)9-8-18(24-26)21(2,3)4/h8-9,14,16H,5-7,10-13H2,1-4H3,(H,22,28). The first-order valence-corrected chi connectivity index (χ1v) is 11.1. The zero-order chi connectivity index (χ0) is 21.0. The van der Waals surface area contributed by atoms with Crippen molar-refractivity contribution in [2.75, 3.05) is 19.6 Å². The van der Waals surface area contributed by atoms with Gasteiger partial charge in [-0.05, 0) is 32.4 Å². The summed E-state index contributed by atoms with van der Waals surface area (Å²) < 4.78 is 1.57. The lowest BCUT2D eigenvalue weighted by atomic mass is 9.92. The minimum atomic E-state index is -0.115. The molecular formula is C21H31N5O2S. The number of carbonyl (C=O) groups excluding carboxylic acids is 1. The lowest BCUT2D eigenvalue weighted by Gasteiger charge is -2.35. The van der Waals surface area contributed by atoms with E-state index >= 15 is 0 Å². The quantitative estimate of drug-likeness (QED) is 0.781. The second-order valence-electron chi connectivity index (χ2n) is 8.68. The zero-order valence-electron chi connectivity index (χ0n) is 17.8. The van der Waals surface area contributed by atoms with Crippen LogP contribution in [0.2, 0.25) is 0 Å². The van der Waals surface area contributed by atoms with E-state index in [9.17, 15) is 9.59 Å². The maximum absolute atomic E-state index is 12.3. The van der Waals surface area contributed by atoms with Gasteiger partial charge in [0.25, 0.3) is 11.5 Å². The second-order valence-corrected chi connectivity index (χ2v) is 9.74. The lowest BCUT2D eigenvalue weighted by Crippen LogP contribution is -2.48. The molecule has 3 heterocycles. The van der Waals surface area contributed by atoms with E-state index in [1.165, 1.54) is 11.3 Å². The number of hydrogen-bond acceptors (Lipinski definition) is 6. The third-order valence-electron chi connectivity index (χ3n) is 5.33. The molecule has 0 aliphatic carbocycles. The highest BCUT2D eigenvalue weighted by Crippen LogP contribution is 2.19. The number of thiazole rings is 1. The average molecular weight is 418 g/mol. The number of carbonyl (C=O) groups is 1. The molecule has 0 spiro atoms. The van der Waals surface area contributed by atoms with E-state index in [0.29, 0.717) is 18.8 Å². The predicted octanol–water partition coefficient (Wildman–Crippen LogP) is 2.59. The van der Waals surface area contributed by atoms with Gasteiger partial charge in [0.2, 0.25) is 0 Å². The van der Waals surface area contributed by atoms with Crippen LogP contribution >= 0.6 is 11.3 Å². The highest BCUT2D eigenvalue weighted by molar-refractivity contribution is 7.09. The molecule has 2 aromatic rings. The molecule has 0 saturated carbocycles. The Hall–Kier alpha value is -2.06. The number of amides is 1. The lowest BCUT2D eigenvalue weighted by molar-refractivity contribution is 0.0905. The molecule has 0 bridgehead atoms. The van der Waals surface area contributed by atoms with Gasteiger partial charge in [0, 0.05) is 36.0 Å². The predicted molar refractivity (Wildman–Crippen MR) is 116 cm³/mol. The largest absolute Gasteiger partial charge is 0.349 e. The van der Waals surface area contributed by atoms with Crippen molar-refractivity contribution in [3.05, 3.63) is 44.3 Å². The van der Waals surface area contributed by atoms with Gasteiger partial charge in [-0.3, -0.25) is 14.5 Å². The summed E-state index contributed by atoms with van der Waals surface area (Å²) >= 11 is 1.48. The van der Waals surface area contributed by atoms with Crippen LogP contribution in [0.5, 0.6) is 0 Å². The van der Waals surface area contributed by atoms with Crippen LogP contribution in [0.3, 0.4) is 0 Å². The fraction of sp³-hybridized carbons (Fsp3) is 0.619. The van der Waals surface area contributed by atoms with Crippen LogP contribution in [-0.4, -0.2) is 51.2 Å². The van der Waals surface area contributed by atoms with Crippen molar-refractivity contribution in [2.45, 2.75) is 65.0 Å². The number of nitrogens with zero attached hydrogens (tertiary/aromatic N) is 4. The first kappa shape index (κ1) is 21.6. The Morgan fingerprint density at radius 1 is 1.28 bits per heavy atom. The molecule has 0 aromatic carbocycles. The summed E-state index contributed by atoms with van der Waals surface area (Å²) in [6, 6.07) is 3.70. The molecule has 1 saturated heterocycles. The van der Waals surface area contributed by atoms with Crippen LogP contribution in [0.15, 0.2) is 22.3 Å². The van der Waals surface area contributed by atoms with Crippen LogP contribution in [0, 0.1) is 6.92 Å². The van der Waals surface area contributed by atoms with Gasteiger partial charge in [-0.1, -0.05) is 27.2 Å². The normalized spacial score (nSPS) is 18.0. The molecule has 1 fully saturated rings. The number of nitrogens with one attached hydrogen (secondary N) is 1. The molecule has 1 amide bonds. The van der Waals surface area contributed by atoms with E-state index < -0.39 is 0 Å². The summed E-state index contributed by atoms with van der Waals surface area (Å²) in [7, 11) is 0. The second kappa shape index (κ2) is 9.17. The summed E-state index contributed by atoms with van der Waals surface area (Å²) in [4.78, 5) is 31.2. The van der Waals surface area contributed by atoms with Gasteiger partial charge >= 0.3 is 0 Å². The molecule has 1 aliphatic heterocycles. The van der Waals surface area contributed by atoms with Crippen molar-refractivity contribution in [2.24, 2.45) is 0 Å². The van der Waals surface area contributed by atoms with Gasteiger partial charge in [0.1, 0.15) is 5.69 Å². The van der Waals surface area contributed by atoms with Crippen molar-refractivity contribution in [3.63, 3.8) is 0 Å². The molecule has 8 heteroatoms. The summed E-state index contributed by atoms with van der Waals surface area (Å²) in [6.07, 6.45) is 3.34. The molecular weight excluding hydrogens is 386 g/mol. The Morgan fingerprint density at radius 2 is 2.07 bits per heavy atom. The molecule has 1 aliphatic rings. The fourth-order valence-corrected chi connectivity index (χ4v) is 4.18. The molecule has 158 valence electrons. The molecule has 7 nitrogen and oxygen atoms in total. The third-order valence-corrected chi connectivity index (χ3v) is 6.11. The highest BCUT2D eigenvalue weighted by Gasteiger charge is 2.24. The van der Waals surface area contributed by atoms with Crippen molar-refractivity contribution < 1.29 is 4.79 Å². The summed E-state index contributed by atoms with van der Waals surface area (Å²) in [5, 5.41) is 10.3. The maximum Gasteiger partial charge on any atom is 0.270 e. The number of aromatic nitrogens is 3. The van der Waals surface area contributed by atoms with Crippen molar-refractivity contribution in [3.8, 4) is 0 Å². The number of rotatable bonds is 6. The Morgan fingerprint density at radius 3 is 2.76 bits per heavy atom. The Kier molecular flexibility index (Phi) is 6.85. The molecule has 1 unspecified atom stereocenters. The minimum absolute atomic E-state index is 0.0706. The SMILES string of the molecule is Cc1nc(C(=O)NCC2CCCCN2CCn2nc(C(C)(C)C)ccc2=O)cs1. The number of hydrogen-bond donors (Lipinski definition) is 1. The van der Waals surface area contributed by atoms with E-state index in [2.05, 4.69) is 41.1 Å². The zero-order valence-corrected chi connectivity index (χ0v) is 18.6. The van der Waals surface area contributed by atoms with Gasteiger partial charge in [0.05, 0.1) is 17.2 Å². The summed E-state index contributed by atoms with van der Waals surface area (Å²) in [6.45, 7) is 11.1. The van der Waals surface area contributed by atoms with Crippen molar-refractivity contribution in [1.82, 2.24) is 25.0 Å². The Labute approximate surface area is 176 Å². The molecule has 29 heavy (non-hydrogen) atoms. The summed E-state index contributed by atoms with van der Waals surface area (Å²) in [5.74, 6) is -0.115. The minimum Gasteiger partial charge on any atom is -0.349 e. The fourth-order valence-electron chi connectivity index (χ4n) is 3.59. The average Bonchev–Trinajstić information content (AvgIpc) is 3.11. The van der Waals surface area contributed by atoms with Crippen LogP contribution < -0.4 is 10.9 Å². The van der Waals surface area contributed by atoms with Crippen LogP contribution in [0.4, 0.5) is 0 Å². The highest BCUT2D eigenvalue weighted by atomic mass is 32.1. The topological polar surface area (TPSA) is 80.1 Å². The number of aryl methyl sites for hydroxylation is 1. The van der Waals surface area contributed by atoms with E-state index in [-0.39, 0.29) is 22.9 Å². The molecule has 2 aromatic heterocycles. The van der Waals surface area contributed by atoms with Gasteiger partial charge < -0.3 is 5.32 Å².